The van der Waals surface area contributed by atoms with E-state index in [0.29, 0.717) is 19.6 Å². The summed E-state index contributed by atoms with van der Waals surface area (Å²) in [4.78, 5) is 1.69. The van der Waals surface area contributed by atoms with Crippen molar-refractivity contribution in [2.45, 2.75) is 65.6 Å². The Morgan fingerprint density at radius 3 is 2.19 bits per heavy atom. The van der Waals surface area contributed by atoms with Crippen LogP contribution in [0.4, 0.5) is 0 Å². The summed E-state index contributed by atoms with van der Waals surface area (Å²) in [5.74, 6) is 0.801. The highest BCUT2D eigenvalue weighted by molar-refractivity contribution is 5.44. The van der Waals surface area contributed by atoms with Gasteiger partial charge in [-0.2, -0.15) is 0 Å². The SMILES string of the molecule is [2H]CC([2H])(C)N(CCC(c1ccccc1)c1cc(C)ccc1OCc1ccccc1)[C@]([2H])(C)C[2H]. The highest BCUT2D eigenvalue weighted by Crippen LogP contribution is 2.36. The lowest BCUT2D eigenvalue weighted by atomic mass is 9.86. The first-order chi connectivity index (χ1) is 16.7. The summed E-state index contributed by atoms with van der Waals surface area (Å²) in [6, 6.07) is 24.1. The molecule has 0 bridgehead atoms. The summed E-state index contributed by atoms with van der Waals surface area (Å²) in [6.45, 7) is 5.98. The minimum absolute atomic E-state index is 0.0209. The van der Waals surface area contributed by atoms with E-state index in [9.17, 15) is 0 Å². The number of benzene rings is 3. The highest BCUT2D eigenvalue weighted by atomic mass is 16.5. The quantitative estimate of drug-likeness (QED) is 0.344. The van der Waals surface area contributed by atoms with E-state index in [2.05, 4.69) is 31.2 Å². The monoisotopic (exact) mass is 419 g/mol. The third-order valence-corrected chi connectivity index (χ3v) is 5.54. The van der Waals surface area contributed by atoms with Gasteiger partial charge < -0.3 is 4.74 Å². The van der Waals surface area contributed by atoms with Gasteiger partial charge in [0.05, 0.1) is 0 Å². The number of nitrogens with zero attached hydrogens (tertiary/aromatic N) is 1. The van der Waals surface area contributed by atoms with Crippen molar-refractivity contribution in [1.82, 2.24) is 4.90 Å². The van der Waals surface area contributed by atoms with Crippen molar-refractivity contribution < 1.29 is 10.2 Å². The molecule has 0 amide bonds. The van der Waals surface area contributed by atoms with Crippen LogP contribution in [0, 0.1) is 6.92 Å². The van der Waals surface area contributed by atoms with Crippen molar-refractivity contribution >= 4 is 0 Å². The maximum Gasteiger partial charge on any atom is 0.123 e. The molecule has 0 saturated heterocycles. The second-order valence-corrected chi connectivity index (χ2v) is 8.19. The maximum atomic E-state index is 8.69. The summed E-state index contributed by atoms with van der Waals surface area (Å²) in [5.41, 5.74) is 4.44. The van der Waals surface area contributed by atoms with Gasteiger partial charge in [-0.3, -0.25) is 4.90 Å². The van der Waals surface area contributed by atoms with Crippen molar-refractivity contribution in [2.24, 2.45) is 0 Å². The standard InChI is InChI=1S/C29H37NO/c1-22(2)30(23(3)4)19-18-27(26-14-10-7-11-15-26)28-20-24(5)16-17-29(28)31-21-25-12-8-6-9-13-25/h6-17,20,22-23,27H,18-19,21H2,1-5H3/i1D,3D,22D,23D/t22-,23?,27?/m0/s1. The van der Waals surface area contributed by atoms with Crippen molar-refractivity contribution in [3.8, 4) is 5.75 Å². The molecular formula is C29H37NO. The average Bonchev–Trinajstić information content (AvgIpc) is 2.86. The fourth-order valence-electron chi connectivity index (χ4n) is 3.96. The summed E-state index contributed by atoms with van der Waals surface area (Å²) < 4.78 is 39.5. The number of hydrogen-bond donors (Lipinski definition) is 0. The molecule has 0 saturated carbocycles. The molecule has 0 aromatic heterocycles. The van der Waals surface area contributed by atoms with Crippen LogP contribution in [-0.2, 0) is 6.61 Å². The average molecular weight is 420 g/mol. The van der Waals surface area contributed by atoms with Crippen LogP contribution < -0.4 is 4.74 Å². The van der Waals surface area contributed by atoms with E-state index in [-0.39, 0.29) is 19.7 Å². The van der Waals surface area contributed by atoms with Crippen molar-refractivity contribution in [3.05, 3.63) is 101 Å². The molecule has 3 atom stereocenters. The fourth-order valence-corrected chi connectivity index (χ4v) is 3.96. The molecule has 0 radical (unpaired) electrons. The van der Waals surface area contributed by atoms with E-state index in [1.165, 1.54) is 0 Å². The molecule has 3 aromatic rings. The molecule has 0 aliphatic carbocycles. The lowest BCUT2D eigenvalue weighted by Crippen LogP contribution is -2.38. The fraction of sp³-hybridized carbons (Fsp3) is 0.379. The molecule has 0 aliphatic rings. The molecule has 2 nitrogen and oxygen atoms in total. The van der Waals surface area contributed by atoms with E-state index in [1.807, 2.05) is 54.6 Å². The van der Waals surface area contributed by atoms with Gasteiger partial charge in [-0.25, -0.2) is 0 Å². The smallest absolute Gasteiger partial charge is 0.123 e. The van der Waals surface area contributed by atoms with E-state index in [0.717, 1.165) is 28.0 Å². The normalized spacial score (nSPS) is 18.1. The largest absolute Gasteiger partial charge is 0.489 e. The van der Waals surface area contributed by atoms with Crippen molar-refractivity contribution in [1.29, 1.82) is 0 Å². The predicted octanol–water partition coefficient (Wildman–Crippen LogP) is 7.21. The number of rotatable bonds is 10. The van der Waals surface area contributed by atoms with Gasteiger partial charge >= 0.3 is 0 Å². The minimum Gasteiger partial charge on any atom is -0.489 e. The van der Waals surface area contributed by atoms with Crippen LogP contribution in [0.3, 0.4) is 0 Å². The molecule has 0 N–H and O–H groups in total. The summed E-state index contributed by atoms with van der Waals surface area (Å²) in [6.07, 6.45) is 0.637. The minimum atomic E-state index is -1.25. The van der Waals surface area contributed by atoms with Crippen molar-refractivity contribution in [2.75, 3.05) is 6.54 Å². The number of hydrogen-bond acceptors (Lipinski definition) is 2. The first kappa shape index (κ1) is 18.0. The van der Waals surface area contributed by atoms with Gasteiger partial charge in [-0.05, 0) is 64.7 Å². The number of aryl methyl sites for hydroxylation is 1. The van der Waals surface area contributed by atoms with Gasteiger partial charge in [0.25, 0.3) is 0 Å². The highest BCUT2D eigenvalue weighted by Gasteiger charge is 2.22. The van der Waals surface area contributed by atoms with E-state index >= 15 is 0 Å². The lowest BCUT2D eigenvalue weighted by Gasteiger charge is -2.32. The van der Waals surface area contributed by atoms with Crippen LogP contribution in [0.2, 0.25) is 0 Å². The first-order valence-electron chi connectivity index (χ1n) is 13.3. The molecular weight excluding hydrogens is 378 g/mol. The van der Waals surface area contributed by atoms with Gasteiger partial charge in [0.2, 0.25) is 0 Å². The van der Waals surface area contributed by atoms with Crippen LogP contribution in [0.1, 0.15) is 67.7 Å². The third kappa shape index (κ3) is 6.45. The molecule has 2 heteroatoms. The first-order valence-corrected chi connectivity index (χ1v) is 10.9. The van der Waals surface area contributed by atoms with Gasteiger partial charge in [-0.1, -0.05) is 78.4 Å². The van der Waals surface area contributed by atoms with Crippen LogP contribution >= 0.6 is 0 Å². The predicted molar refractivity (Wildman–Crippen MR) is 132 cm³/mol. The Kier molecular flexibility index (Phi) is 6.49. The van der Waals surface area contributed by atoms with Gasteiger partial charge in [0.15, 0.2) is 0 Å². The van der Waals surface area contributed by atoms with E-state index in [1.54, 1.807) is 18.7 Å². The summed E-state index contributed by atoms with van der Waals surface area (Å²) in [7, 11) is 0. The second-order valence-electron chi connectivity index (χ2n) is 8.19. The zero-order chi connectivity index (χ0) is 25.5. The van der Waals surface area contributed by atoms with Crippen LogP contribution in [0.5, 0.6) is 5.75 Å². The summed E-state index contributed by atoms with van der Waals surface area (Å²) in [5, 5.41) is 0. The van der Waals surface area contributed by atoms with Gasteiger partial charge in [0.1, 0.15) is 12.4 Å². The third-order valence-electron chi connectivity index (χ3n) is 5.54. The maximum absolute atomic E-state index is 8.69. The Balaban J connectivity index is 1.97. The molecule has 3 aromatic carbocycles. The molecule has 0 aliphatic heterocycles. The zero-order valence-corrected chi connectivity index (χ0v) is 19.0. The Labute approximate surface area is 194 Å². The lowest BCUT2D eigenvalue weighted by molar-refractivity contribution is 0.170. The Morgan fingerprint density at radius 2 is 1.55 bits per heavy atom. The zero-order valence-electron chi connectivity index (χ0n) is 23.0. The second kappa shape index (κ2) is 11.2. The molecule has 0 heterocycles. The Bertz CT molecular complexity index is 1040. The summed E-state index contributed by atoms with van der Waals surface area (Å²) >= 11 is 0. The molecule has 31 heavy (non-hydrogen) atoms. The molecule has 164 valence electrons. The van der Waals surface area contributed by atoms with Crippen LogP contribution in [0.15, 0.2) is 78.9 Å². The van der Waals surface area contributed by atoms with E-state index in [4.69, 9.17) is 10.2 Å². The molecule has 2 unspecified atom stereocenters. The molecule has 3 rings (SSSR count). The van der Waals surface area contributed by atoms with Gasteiger partial charge in [0, 0.05) is 29.0 Å². The molecule has 0 spiro atoms. The van der Waals surface area contributed by atoms with Crippen LogP contribution in [-0.4, -0.2) is 23.5 Å². The van der Waals surface area contributed by atoms with Gasteiger partial charge in [-0.15, -0.1) is 0 Å². The molecule has 0 fully saturated rings. The Hall–Kier alpha value is -2.58. The van der Waals surface area contributed by atoms with Crippen molar-refractivity contribution in [3.63, 3.8) is 0 Å². The number of ether oxygens (including phenoxy) is 1. The van der Waals surface area contributed by atoms with Crippen LogP contribution in [0.25, 0.3) is 0 Å². The van der Waals surface area contributed by atoms with E-state index < -0.39 is 12.0 Å². The topological polar surface area (TPSA) is 12.5 Å². The Morgan fingerprint density at radius 1 is 0.903 bits per heavy atom.